The highest BCUT2D eigenvalue weighted by Crippen LogP contribution is 2.28. The van der Waals surface area contributed by atoms with E-state index in [0.29, 0.717) is 0 Å². The molecule has 2 N–H and O–H groups in total. The SMILES string of the molecule is Nc1ccccc1SCc1cccc(Br)c1. The van der Waals surface area contributed by atoms with Crippen molar-refractivity contribution in [1.82, 2.24) is 0 Å². The topological polar surface area (TPSA) is 26.0 Å². The predicted molar refractivity (Wildman–Crippen MR) is 74.6 cm³/mol. The van der Waals surface area contributed by atoms with E-state index in [9.17, 15) is 0 Å². The molecule has 0 amide bonds. The largest absolute Gasteiger partial charge is 0.398 e. The summed E-state index contributed by atoms with van der Waals surface area (Å²) in [6.07, 6.45) is 0. The van der Waals surface area contributed by atoms with Gasteiger partial charge in [0.15, 0.2) is 0 Å². The maximum Gasteiger partial charge on any atom is 0.0452 e. The van der Waals surface area contributed by atoms with E-state index in [4.69, 9.17) is 5.73 Å². The van der Waals surface area contributed by atoms with E-state index >= 15 is 0 Å². The summed E-state index contributed by atoms with van der Waals surface area (Å²) in [5.41, 5.74) is 8.03. The molecule has 0 saturated carbocycles. The lowest BCUT2D eigenvalue weighted by Gasteiger charge is -2.05. The van der Waals surface area contributed by atoms with Gasteiger partial charge < -0.3 is 5.73 Å². The Morgan fingerprint density at radius 3 is 2.62 bits per heavy atom. The van der Waals surface area contributed by atoms with Gasteiger partial charge in [-0.1, -0.05) is 40.2 Å². The highest BCUT2D eigenvalue weighted by Gasteiger charge is 1.99. The van der Waals surface area contributed by atoms with Crippen LogP contribution in [0.3, 0.4) is 0 Å². The standard InChI is InChI=1S/C13H12BrNS/c14-11-5-3-4-10(8-11)9-16-13-7-2-1-6-12(13)15/h1-8H,9,15H2. The van der Waals surface area contributed by atoms with Crippen LogP contribution >= 0.6 is 27.7 Å². The van der Waals surface area contributed by atoms with E-state index in [2.05, 4.69) is 34.1 Å². The number of para-hydroxylation sites is 1. The van der Waals surface area contributed by atoms with E-state index in [1.54, 1.807) is 11.8 Å². The number of halogens is 1. The molecule has 0 heterocycles. The molecule has 0 aromatic heterocycles. The number of hydrogen-bond acceptors (Lipinski definition) is 2. The molecule has 82 valence electrons. The monoisotopic (exact) mass is 293 g/mol. The minimum Gasteiger partial charge on any atom is -0.398 e. The first kappa shape index (κ1) is 11.6. The Labute approximate surface area is 108 Å². The lowest BCUT2D eigenvalue weighted by Crippen LogP contribution is -1.88. The molecule has 0 radical (unpaired) electrons. The van der Waals surface area contributed by atoms with Crippen molar-refractivity contribution < 1.29 is 0 Å². The average molecular weight is 294 g/mol. The van der Waals surface area contributed by atoms with Crippen LogP contribution in [0.1, 0.15) is 5.56 Å². The lowest BCUT2D eigenvalue weighted by molar-refractivity contribution is 1.37. The van der Waals surface area contributed by atoms with Crippen LogP contribution in [0.2, 0.25) is 0 Å². The van der Waals surface area contributed by atoms with E-state index in [0.717, 1.165) is 20.8 Å². The number of nitrogen functional groups attached to an aromatic ring is 1. The van der Waals surface area contributed by atoms with Gasteiger partial charge in [-0.25, -0.2) is 0 Å². The van der Waals surface area contributed by atoms with Gasteiger partial charge in [0.2, 0.25) is 0 Å². The van der Waals surface area contributed by atoms with Crippen LogP contribution in [-0.4, -0.2) is 0 Å². The number of hydrogen-bond donors (Lipinski definition) is 1. The molecule has 0 aliphatic carbocycles. The molecule has 0 bridgehead atoms. The van der Waals surface area contributed by atoms with Gasteiger partial charge in [-0.15, -0.1) is 11.8 Å². The van der Waals surface area contributed by atoms with Crippen LogP contribution in [0, 0.1) is 0 Å². The van der Waals surface area contributed by atoms with Crippen LogP contribution in [0.25, 0.3) is 0 Å². The van der Waals surface area contributed by atoms with E-state index < -0.39 is 0 Å². The maximum absolute atomic E-state index is 5.88. The van der Waals surface area contributed by atoms with Gasteiger partial charge in [0.25, 0.3) is 0 Å². The van der Waals surface area contributed by atoms with Crippen molar-refractivity contribution in [1.29, 1.82) is 0 Å². The predicted octanol–water partition coefficient (Wildman–Crippen LogP) is 4.32. The fraction of sp³-hybridized carbons (Fsp3) is 0.0769. The maximum atomic E-state index is 5.88. The number of thioether (sulfide) groups is 1. The molecule has 2 aromatic rings. The van der Waals surface area contributed by atoms with Gasteiger partial charge in [0.1, 0.15) is 0 Å². The molecular formula is C13H12BrNS. The van der Waals surface area contributed by atoms with Gasteiger partial charge in [-0.05, 0) is 29.8 Å². The molecule has 0 aliphatic heterocycles. The Morgan fingerprint density at radius 1 is 1.06 bits per heavy atom. The number of rotatable bonds is 3. The average Bonchev–Trinajstić information content (AvgIpc) is 2.28. The minimum atomic E-state index is 0.850. The third-order valence-corrected chi connectivity index (χ3v) is 3.86. The van der Waals surface area contributed by atoms with E-state index in [1.165, 1.54) is 5.56 Å². The third kappa shape index (κ3) is 3.03. The fourth-order valence-corrected chi connectivity index (χ4v) is 2.76. The summed E-state index contributed by atoms with van der Waals surface area (Å²) in [6.45, 7) is 0. The smallest absolute Gasteiger partial charge is 0.0452 e. The second-order valence-corrected chi connectivity index (χ2v) is 5.39. The van der Waals surface area contributed by atoms with Crippen molar-refractivity contribution in [3.63, 3.8) is 0 Å². The first-order chi connectivity index (χ1) is 7.75. The Bertz CT molecular complexity index is 485. The van der Waals surface area contributed by atoms with Crippen molar-refractivity contribution >= 4 is 33.4 Å². The van der Waals surface area contributed by atoms with Gasteiger partial charge in [-0.2, -0.15) is 0 Å². The van der Waals surface area contributed by atoms with Crippen molar-refractivity contribution in [2.75, 3.05) is 5.73 Å². The van der Waals surface area contributed by atoms with Gasteiger partial charge >= 0.3 is 0 Å². The molecule has 0 fully saturated rings. The highest BCUT2D eigenvalue weighted by molar-refractivity contribution is 9.10. The van der Waals surface area contributed by atoms with Crippen molar-refractivity contribution in [2.45, 2.75) is 10.6 Å². The Morgan fingerprint density at radius 2 is 1.88 bits per heavy atom. The zero-order chi connectivity index (χ0) is 11.4. The zero-order valence-electron chi connectivity index (χ0n) is 8.69. The molecule has 0 saturated heterocycles. The molecular weight excluding hydrogens is 282 g/mol. The van der Waals surface area contributed by atoms with Crippen LogP contribution in [-0.2, 0) is 5.75 Å². The molecule has 3 heteroatoms. The van der Waals surface area contributed by atoms with E-state index in [1.807, 2.05) is 30.3 Å². The highest BCUT2D eigenvalue weighted by atomic mass is 79.9. The summed E-state index contributed by atoms with van der Waals surface area (Å²) < 4.78 is 1.12. The van der Waals surface area contributed by atoms with Crippen molar-refractivity contribution in [3.05, 3.63) is 58.6 Å². The van der Waals surface area contributed by atoms with Crippen LogP contribution < -0.4 is 5.73 Å². The Balaban J connectivity index is 2.05. The van der Waals surface area contributed by atoms with Crippen molar-refractivity contribution in [3.8, 4) is 0 Å². The molecule has 0 unspecified atom stereocenters. The van der Waals surface area contributed by atoms with Crippen LogP contribution in [0.15, 0.2) is 57.9 Å². The lowest BCUT2D eigenvalue weighted by atomic mass is 10.2. The summed E-state index contributed by atoms with van der Waals surface area (Å²) in [5.74, 6) is 0.938. The quantitative estimate of drug-likeness (QED) is 0.674. The summed E-state index contributed by atoms with van der Waals surface area (Å²) in [7, 11) is 0. The van der Waals surface area contributed by atoms with Crippen molar-refractivity contribution in [2.24, 2.45) is 0 Å². The Hall–Kier alpha value is -0.930. The van der Waals surface area contributed by atoms with Gasteiger partial charge in [0, 0.05) is 20.8 Å². The molecule has 0 aliphatic rings. The molecule has 0 spiro atoms. The van der Waals surface area contributed by atoms with E-state index in [-0.39, 0.29) is 0 Å². The molecule has 2 aromatic carbocycles. The number of benzene rings is 2. The minimum absolute atomic E-state index is 0.850. The summed E-state index contributed by atoms with van der Waals surface area (Å²) in [6, 6.07) is 16.3. The molecule has 16 heavy (non-hydrogen) atoms. The first-order valence-corrected chi connectivity index (χ1v) is 6.75. The van der Waals surface area contributed by atoms with Gasteiger partial charge in [-0.3, -0.25) is 0 Å². The van der Waals surface area contributed by atoms with Crippen LogP contribution in [0.4, 0.5) is 5.69 Å². The summed E-state index contributed by atoms with van der Waals surface area (Å²) in [5, 5.41) is 0. The zero-order valence-corrected chi connectivity index (χ0v) is 11.1. The Kier molecular flexibility index (Phi) is 3.91. The molecule has 2 rings (SSSR count). The second-order valence-electron chi connectivity index (χ2n) is 3.46. The van der Waals surface area contributed by atoms with Gasteiger partial charge in [0.05, 0.1) is 0 Å². The summed E-state index contributed by atoms with van der Waals surface area (Å²) >= 11 is 5.23. The third-order valence-electron chi connectivity index (χ3n) is 2.20. The van der Waals surface area contributed by atoms with Crippen LogP contribution in [0.5, 0.6) is 0 Å². The normalized spacial score (nSPS) is 10.3. The number of anilines is 1. The molecule has 0 atom stereocenters. The molecule has 1 nitrogen and oxygen atoms in total. The number of nitrogens with two attached hydrogens (primary N) is 1. The second kappa shape index (κ2) is 5.41. The summed E-state index contributed by atoms with van der Waals surface area (Å²) in [4.78, 5) is 1.14. The fourth-order valence-electron chi connectivity index (χ4n) is 1.40. The first-order valence-electron chi connectivity index (χ1n) is 4.97.